The fraction of sp³-hybridized carbons (Fsp3) is 0.500. The van der Waals surface area contributed by atoms with Gasteiger partial charge in [0.25, 0.3) is 0 Å². The third-order valence-corrected chi connectivity index (χ3v) is 9.29. The van der Waals surface area contributed by atoms with Crippen molar-refractivity contribution in [1.82, 2.24) is 19.9 Å². The summed E-state index contributed by atoms with van der Waals surface area (Å²) in [6, 6.07) is 4.87. The molecular formula is C28H31ClFN5O2S. The van der Waals surface area contributed by atoms with Gasteiger partial charge in [-0.2, -0.15) is 0 Å². The van der Waals surface area contributed by atoms with Crippen LogP contribution < -0.4 is 9.64 Å². The van der Waals surface area contributed by atoms with Crippen molar-refractivity contribution in [3.8, 4) is 5.75 Å². The Morgan fingerprint density at radius 2 is 1.97 bits per heavy atom. The predicted octanol–water partition coefficient (Wildman–Crippen LogP) is 5.17. The van der Waals surface area contributed by atoms with E-state index in [0.717, 1.165) is 62.3 Å². The van der Waals surface area contributed by atoms with E-state index in [1.54, 1.807) is 40.8 Å². The number of carbonyl (C=O) groups excluding carboxylic acids is 1. The van der Waals surface area contributed by atoms with Crippen LogP contribution >= 0.6 is 22.9 Å². The van der Waals surface area contributed by atoms with Crippen molar-refractivity contribution in [3.05, 3.63) is 63.1 Å². The monoisotopic (exact) mass is 555 g/mol. The molecule has 4 heterocycles. The maximum absolute atomic E-state index is 14.8. The van der Waals surface area contributed by atoms with E-state index in [9.17, 15) is 9.18 Å². The number of piperidine rings is 1. The van der Waals surface area contributed by atoms with Gasteiger partial charge in [-0.3, -0.25) is 4.79 Å². The minimum atomic E-state index is -0.386. The number of hydrogen-bond acceptors (Lipinski definition) is 7. The van der Waals surface area contributed by atoms with Crippen molar-refractivity contribution in [2.45, 2.75) is 45.1 Å². The van der Waals surface area contributed by atoms with Crippen LogP contribution in [0.1, 0.15) is 41.8 Å². The summed E-state index contributed by atoms with van der Waals surface area (Å²) >= 11 is 7.54. The van der Waals surface area contributed by atoms with Crippen LogP contribution in [-0.2, 0) is 24.2 Å². The first-order valence-corrected chi connectivity index (χ1v) is 14.6. The molecule has 0 radical (unpaired) electrons. The Labute approximate surface area is 231 Å². The number of aromatic nitrogens is 3. The van der Waals surface area contributed by atoms with E-state index in [4.69, 9.17) is 16.3 Å². The third kappa shape index (κ3) is 5.78. The number of benzene rings is 1. The van der Waals surface area contributed by atoms with E-state index in [1.807, 2.05) is 5.51 Å². The molecule has 3 aliphatic rings. The number of fused-ring (bicyclic) bond motifs is 1. The highest BCUT2D eigenvalue weighted by atomic mass is 35.5. The molecule has 1 amide bonds. The number of carbonyl (C=O) groups is 1. The molecule has 1 saturated heterocycles. The fourth-order valence-corrected chi connectivity index (χ4v) is 6.74. The zero-order valence-electron chi connectivity index (χ0n) is 21.2. The molecule has 7 nitrogen and oxygen atoms in total. The van der Waals surface area contributed by atoms with Gasteiger partial charge in [-0.05, 0) is 55.1 Å². The van der Waals surface area contributed by atoms with Gasteiger partial charge in [0.15, 0.2) is 0 Å². The summed E-state index contributed by atoms with van der Waals surface area (Å²) in [4.78, 5) is 31.0. The van der Waals surface area contributed by atoms with Crippen LogP contribution in [0.3, 0.4) is 0 Å². The SMILES string of the molecule is O=C(Cc1ccc(OCC[C@@H]2C[C@@H]2C2CCN(c3ncc(Cl)cn3)CC2)cc1F)N1CCc2scnc2C1. The minimum absolute atomic E-state index is 0.0539. The quantitative estimate of drug-likeness (QED) is 0.382. The molecule has 0 N–H and O–H groups in total. The summed E-state index contributed by atoms with van der Waals surface area (Å²) in [7, 11) is 0. The molecule has 0 bridgehead atoms. The van der Waals surface area contributed by atoms with Gasteiger partial charge in [0.1, 0.15) is 11.6 Å². The van der Waals surface area contributed by atoms with Crippen LogP contribution in [0.5, 0.6) is 5.75 Å². The Bertz CT molecular complexity index is 1280. The summed E-state index contributed by atoms with van der Waals surface area (Å²) in [5.41, 5.74) is 3.20. The number of rotatable bonds is 8. The normalized spacial score (nSPS) is 21.3. The van der Waals surface area contributed by atoms with Crippen LogP contribution in [0.15, 0.2) is 36.1 Å². The number of nitrogens with zero attached hydrogens (tertiary/aromatic N) is 5. The largest absolute Gasteiger partial charge is 0.493 e. The molecule has 3 aromatic rings. The summed E-state index contributed by atoms with van der Waals surface area (Å²) in [6.45, 7) is 3.71. The lowest BCUT2D eigenvalue weighted by molar-refractivity contribution is -0.131. The highest BCUT2D eigenvalue weighted by molar-refractivity contribution is 7.09. The van der Waals surface area contributed by atoms with Crippen molar-refractivity contribution in [2.75, 3.05) is 31.1 Å². The van der Waals surface area contributed by atoms with Gasteiger partial charge >= 0.3 is 0 Å². The van der Waals surface area contributed by atoms with Crippen molar-refractivity contribution >= 4 is 34.8 Å². The number of anilines is 1. The van der Waals surface area contributed by atoms with Gasteiger partial charge in [0, 0.05) is 37.0 Å². The smallest absolute Gasteiger partial charge is 0.227 e. The van der Waals surface area contributed by atoms with Crippen LogP contribution in [0, 0.1) is 23.6 Å². The molecule has 38 heavy (non-hydrogen) atoms. The average molecular weight is 556 g/mol. The zero-order chi connectivity index (χ0) is 26.1. The van der Waals surface area contributed by atoms with E-state index >= 15 is 0 Å². The fourth-order valence-electron chi connectivity index (χ4n) is 5.88. The Balaban J connectivity index is 0.921. The Morgan fingerprint density at radius 3 is 2.76 bits per heavy atom. The second kappa shape index (κ2) is 11.1. The number of hydrogen-bond donors (Lipinski definition) is 0. The standard InChI is InChI=1S/C28H31ClFN5O2S/c29-21-14-31-28(32-15-21)34-7-3-18(4-8-34)23-11-19(23)6-10-37-22-2-1-20(24(30)13-22)12-27(36)35-9-5-26-25(16-35)33-17-38-26/h1-2,13-15,17-19,23H,3-12,16H2/t19-,23-/m1/s1. The number of ether oxygens (including phenoxy) is 1. The molecule has 1 saturated carbocycles. The molecule has 0 unspecified atom stereocenters. The molecule has 200 valence electrons. The summed E-state index contributed by atoms with van der Waals surface area (Å²) in [6.07, 6.45) is 8.72. The molecule has 1 aromatic carbocycles. The van der Waals surface area contributed by atoms with Crippen LogP contribution in [0.25, 0.3) is 0 Å². The van der Waals surface area contributed by atoms with E-state index in [-0.39, 0.29) is 18.1 Å². The highest BCUT2D eigenvalue weighted by Crippen LogP contribution is 2.49. The van der Waals surface area contributed by atoms with Gasteiger partial charge in [0.2, 0.25) is 11.9 Å². The molecule has 2 aliphatic heterocycles. The first-order chi connectivity index (χ1) is 18.5. The Kier molecular flexibility index (Phi) is 7.48. The Hall–Kier alpha value is -2.78. The first-order valence-electron chi connectivity index (χ1n) is 13.4. The van der Waals surface area contributed by atoms with Gasteiger partial charge in [-0.15, -0.1) is 11.3 Å². The maximum Gasteiger partial charge on any atom is 0.227 e. The molecule has 0 spiro atoms. The molecule has 6 rings (SSSR count). The number of amides is 1. The van der Waals surface area contributed by atoms with E-state index in [2.05, 4.69) is 19.9 Å². The van der Waals surface area contributed by atoms with Crippen molar-refractivity contribution in [1.29, 1.82) is 0 Å². The van der Waals surface area contributed by atoms with Gasteiger partial charge in [0.05, 0.1) is 48.2 Å². The molecule has 10 heteroatoms. The molecule has 2 aromatic heterocycles. The summed E-state index contributed by atoms with van der Waals surface area (Å²) in [5, 5.41) is 0.559. The predicted molar refractivity (Wildman–Crippen MR) is 145 cm³/mol. The first kappa shape index (κ1) is 25.5. The van der Waals surface area contributed by atoms with Crippen molar-refractivity contribution in [3.63, 3.8) is 0 Å². The van der Waals surface area contributed by atoms with Gasteiger partial charge in [-0.25, -0.2) is 19.3 Å². The van der Waals surface area contributed by atoms with Crippen LogP contribution in [0.4, 0.5) is 10.3 Å². The topological polar surface area (TPSA) is 71.5 Å². The second-order valence-electron chi connectivity index (χ2n) is 10.5. The third-order valence-electron chi connectivity index (χ3n) is 8.16. The molecule has 1 aliphatic carbocycles. The maximum atomic E-state index is 14.8. The lowest BCUT2D eigenvalue weighted by Crippen LogP contribution is -2.36. The number of thiazole rings is 1. The second-order valence-corrected chi connectivity index (χ2v) is 11.9. The highest BCUT2D eigenvalue weighted by Gasteiger charge is 2.43. The molecular weight excluding hydrogens is 525 g/mol. The van der Waals surface area contributed by atoms with E-state index < -0.39 is 0 Å². The van der Waals surface area contributed by atoms with Crippen LogP contribution in [-0.4, -0.2) is 52.0 Å². The number of halogens is 2. The average Bonchev–Trinajstić information content (AvgIpc) is 3.55. The molecule has 2 fully saturated rings. The molecule has 2 atom stereocenters. The Morgan fingerprint density at radius 1 is 1.16 bits per heavy atom. The van der Waals surface area contributed by atoms with Gasteiger partial charge in [-0.1, -0.05) is 17.7 Å². The van der Waals surface area contributed by atoms with E-state index in [1.165, 1.54) is 17.4 Å². The van der Waals surface area contributed by atoms with Crippen molar-refractivity contribution < 1.29 is 13.9 Å². The minimum Gasteiger partial charge on any atom is -0.493 e. The zero-order valence-corrected chi connectivity index (χ0v) is 22.8. The lowest BCUT2D eigenvalue weighted by Gasteiger charge is -2.32. The summed E-state index contributed by atoms with van der Waals surface area (Å²) in [5.74, 6) is 3.01. The summed E-state index contributed by atoms with van der Waals surface area (Å²) < 4.78 is 20.6. The lowest BCUT2D eigenvalue weighted by atomic mass is 9.90. The van der Waals surface area contributed by atoms with E-state index in [0.29, 0.717) is 41.9 Å². The van der Waals surface area contributed by atoms with Crippen molar-refractivity contribution in [2.24, 2.45) is 17.8 Å². The van der Waals surface area contributed by atoms with Gasteiger partial charge < -0.3 is 14.5 Å². The van der Waals surface area contributed by atoms with Crippen LogP contribution in [0.2, 0.25) is 5.02 Å².